The van der Waals surface area contributed by atoms with Crippen molar-refractivity contribution in [1.82, 2.24) is 0 Å². The van der Waals surface area contributed by atoms with Crippen molar-refractivity contribution in [3.63, 3.8) is 0 Å². The molecule has 2 aromatic carbocycles. The Kier molecular flexibility index (Phi) is 7.18. The van der Waals surface area contributed by atoms with E-state index in [1.54, 1.807) is 0 Å². The van der Waals surface area contributed by atoms with E-state index < -0.39 is 27.2 Å². The van der Waals surface area contributed by atoms with Gasteiger partial charge in [-0.15, -0.1) is 0 Å². The van der Waals surface area contributed by atoms with Crippen molar-refractivity contribution in [3.05, 3.63) is 48.5 Å². The molecule has 0 saturated heterocycles. The van der Waals surface area contributed by atoms with Crippen LogP contribution in [0, 0.1) is 0 Å². The van der Waals surface area contributed by atoms with Crippen molar-refractivity contribution in [3.8, 4) is 0 Å². The molecule has 0 atom stereocenters. The van der Waals surface area contributed by atoms with Crippen LogP contribution in [0.3, 0.4) is 0 Å². The SMILES string of the molecule is C1=Nc2ccccc2[NH2+]1.C1=Nc2ccccc2[NH2+]1.[O]=[Cr](=[O])([O-])[O][Cr](=[O])(=[O])[O-]. The molecule has 2 aliphatic heterocycles. The molecule has 144 valence electrons. The predicted octanol–water partition coefficient (Wildman–Crippen LogP) is -1.82. The van der Waals surface area contributed by atoms with E-state index in [9.17, 15) is 23.5 Å². The Bertz CT molecular complexity index is 981. The summed E-state index contributed by atoms with van der Waals surface area (Å²) in [5.41, 5.74) is 4.60. The number of fused-ring (bicyclic) bond motifs is 2. The molecule has 11 nitrogen and oxygen atoms in total. The molecule has 0 fully saturated rings. The van der Waals surface area contributed by atoms with Crippen molar-refractivity contribution >= 4 is 35.4 Å². The average molecular weight is 454 g/mol. The standard InChI is InChI=1S/2C7H6N2.2Cr.7O/c2*1-2-4-7-6(3-1)8-5-9-7;;;;;;;;;/h2*1-5H,(H,8,9);;;;;;;;;/q;;;;;;;;;2*-1/p+2. The summed E-state index contributed by atoms with van der Waals surface area (Å²) in [6, 6.07) is 16.2. The van der Waals surface area contributed by atoms with Crippen LogP contribution in [0.5, 0.6) is 0 Å². The fourth-order valence-corrected chi connectivity index (χ4v) is 3.62. The summed E-state index contributed by atoms with van der Waals surface area (Å²) in [6.45, 7) is 0. The summed E-state index contributed by atoms with van der Waals surface area (Å²) in [5, 5.41) is 4.02. The molecule has 2 aromatic rings. The summed E-state index contributed by atoms with van der Waals surface area (Å²) in [4.78, 5) is 8.24. The molecule has 0 saturated carbocycles. The fourth-order valence-electron chi connectivity index (χ4n) is 1.99. The Balaban J connectivity index is 0.000000145. The number of nitrogens with zero attached hydrogens (tertiary/aromatic N) is 2. The molecular weight excluding hydrogens is 440 g/mol. The zero-order valence-corrected chi connectivity index (χ0v) is 16.0. The number of para-hydroxylation sites is 4. The van der Waals surface area contributed by atoms with E-state index in [2.05, 4.69) is 25.0 Å². The number of hydrogen-bond donors (Lipinski definition) is 2. The third-order valence-corrected chi connectivity index (χ3v) is 5.64. The molecule has 0 amide bonds. The molecule has 4 N–H and O–H groups in total. The summed E-state index contributed by atoms with van der Waals surface area (Å²) < 4.78 is 58.9. The van der Waals surface area contributed by atoms with Crippen molar-refractivity contribution in [2.24, 2.45) is 9.98 Å². The van der Waals surface area contributed by atoms with Gasteiger partial charge in [-0.05, 0) is 12.1 Å². The van der Waals surface area contributed by atoms with Crippen LogP contribution in [0.25, 0.3) is 0 Å². The number of hydrogen-bond acceptors (Lipinski definition) is 9. The molecule has 4 rings (SSSR count). The first-order chi connectivity index (χ1) is 12.6. The molecular formula is C14H14Cr2N4O7. The third kappa shape index (κ3) is 7.94. The molecule has 2 heterocycles. The minimum atomic E-state index is -6.07. The van der Waals surface area contributed by atoms with E-state index >= 15 is 0 Å². The van der Waals surface area contributed by atoms with Crippen LogP contribution in [-0.4, -0.2) is 12.7 Å². The van der Waals surface area contributed by atoms with Gasteiger partial charge in [-0.2, -0.15) is 9.98 Å². The number of benzene rings is 2. The second-order valence-electron chi connectivity index (χ2n) is 4.89. The first kappa shape index (κ1) is 21.1. The third-order valence-electron chi connectivity index (χ3n) is 2.98. The first-order valence-electron chi connectivity index (χ1n) is 7.20. The summed E-state index contributed by atoms with van der Waals surface area (Å²) in [7, 11) is 0. The number of quaternary nitrogens is 2. The van der Waals surface area contributed by atoms with Gasteiger partial charge in [0.25, 0.3) is 0 Å². The topological polar surface area (TPSA) is 182 Å². The van der Waals surface area contributed by atoms with Crippen molar-refractivity contribution in [2.45, 2.75) is 0 Å². The first-order valence-corrected chi connectivity index (χ1v) is 11.4. The fraction of sp³-hybridized carbons (Fsp3) is 0. The van der Waals surface area contributed by atoms with Crippen LogP contribution < -0.4 is 18.9 Å². The zero-order chi connectivity index (χ0) is 19.9. The van der Waals surface area contributed by atoms with Crippen molar-refractivity contribution < 1.29 is 64.2 Å². The van der Waals surface area contributed by atoms with Gasteiger partial charge in [-0.3, -0.25) is 10.6 Å². The van der Waals surface area contributed by atoms with E-state index in [4.69, 9.17) is 0 Å². The zero-order valence-electron chi connectivity index (χ0n) is 13.5. The van der Waals surface area contributed by atoms with E-state index in [1.165, 1.54) is 11.4 Å². The normalized spacial score (nSPS) is 13.7. The van der Waals surface area contributed by atoms with Gasteiger partial charge >= 0.3 is 53.6 Å². The van der Waals surface area contributed by atoms with E-state index in [0.717, 1.165) is 11.4 Å². The summed E-state index contributed by atoms with van der Waals surface area (Å²) in [6.07, 6.45) is 3.65. The van der Waals surface area contributed by atoms with Gasteiger partial charge in [-0.25, -0.2) is 0 Å². The molecule has 2 aliphatic rings. The van der Waals surface area contributed by atoms with Gasteiger partial charge < -0.3 is 0 Å². The molecule has 0 bridgehead atoms. The van der Waals surface area contributed by atoms with Gasteiger partial charge in [0.1, 0.15) is 11.4 Å². The minimum absolute atomic E-state index is 1.08. The molecule has 0 unspecified atom stereocenters. The van der Waals surface area contributed by atoms with Gasteiger partial charge in [0.15, 0.2) is 24.1 Å². The second kappa shape index (κ2) is 9.17. The number of nitrogens with two attached hydrogens (primary N) is 2. The summed E-state index contributed by atoms with van der Waals surface area (Å²) >= 11 is -12.1. The van der Waals surface area contributed by atoms with Gasteiger partial charge in [0, 0.05) is 12.1 Å². The van der Waals surface area contributed by atoms with Crippen LogP contribution in [0.4, 0.5) is 22.7 Å². The molecule has 0 aromatic heterocycles. The van der Waals surface area contributed by atoms with Crippen LogP contribution in [0.2, 0.25) is 0 Å². The van der Waals surface area contributed by atoms with Crippen molar-refractivity contribution in [2.75, 3.05) is 0 Å². The van der Waals surface area contributed by atoms with E-state index in [0.29, 0.717) is 0 Å². The number of aliphatic imine (C=N–C) groups is 2. The van der Waals surface area contributed by atoms with Crippen LogP contribution in [0.1, 0.15) is 0 Å². The van der Waals surface area contributed by atoms with Gasteiger partial charge in [-0.1, -0.05) is 24.3 Å². The molecule has 13 heteroatoms. The maximum atomic E-state index is 9.38. The van der Waals surface area contributed by atoms with Gasteiger partial charge in [0.05, 0.1) is 0 Å². The Morgan fingerprint density at radius 2 is 1.07 bits per heavy atom. The Hall–Kier alpha value is -2.16. The Morgan fingerprint density at radius 3 is 1.37 bits per heavy atom. The average Bonchev–Trinajstić information content (AvgIpc) is 3.21. The molecule has 0 aliphatic carbocycles. The summed E-state index contributed by atoms with van der Waals surface area (Å²) in [5.74, 6) is 0. The van der Waals surface area contributed by atoms with E-state index in [-0.39, 0.29) is 0 Å². The molecule has 0 radical (unpaired) electrons. The Labute approximate surface area is 158 Å². The number of rotatable bonds is 2. The molecule has 27 heavy (non-hydrogen) atoms. The van der Waals surface area contributed by atoms with E-state index in [1.807, 2.05) is 59.7 Å². The van der Waals surface area contributed by atoms with Crippen LogP contribution in [-0.2, 0) is 45.3 Å². The predicted molar refractivity (Wildman–Crippen MR) is 76.2 cm³/mol. The second-order valence-corrected chi connectivity index (χ2v) is 8.53. The monoisotopic (exact) mass is 454 g/mol. The van der Waals surface area contributed by atoms with Crippen molar-refractivity contribution in [1.29, 1.82) is 0 Å². The maximum absolute atomic E-state index is 9.38. The van der Waals surface area contributed by atoms with Crippen LogP contribution in [0.15, 0.2) is 58.5 Å². The quantitative estimate of drug-likeness (QED) is 0.501. The van der Waals surface area contributed by atoms with Crippen LogP contribution >= 0.6 is 0 Å². The van der Waals surface area contributed by atoms with Gasteiger partial charge in [0.2, 0.25) is 0 Å². The Morgan fingerprint density at radius 1 is 0.704 bits per heavy atom. The molecule has 0 spiro atoms.